The van der Waals surface area contributed by atoms with Crippen LogP contribution in [0.15, 0.2) is 18.2 Å². The minimum absolute atomic E-state index is 0.143. The fourth-order valence-corrected chi connectivity index (χ4v) is 5.24. The maximum Gasteiger partial charge on any atom is 0.255 e. The van der Waals surface area contributed by atoms with E-state index in [2.05, 4.69) is 25.9 Å². The highest BCUT2D eigenvalue weighted by molar-refractivity contribution is 6.05. The van der Waals surface area contributed by atoms with Crippen molar-refractivity contribution in [2.45, 2.75) is 45.4 Å². The van der Waals surface area contributed by atoms with E-state index in [0.29, 0.717) is 31.6 Å². The fraction of sp³-hybridized carbons (Fsp3) is 0.500. The first kappa shape index (κ1) is 22.5. The fourth-order valence-electron chi connectivity index (χ4n) is 5.24. The van der Waals surface area contributed by atoms with Crippen LogP contribution in [0.4, 0.5) is 5.82 Å². The van der Waals surface area contributed by atoms with Gasteiger partial charge in [0, 0.05) is 70.4 Å². The molecule has 0 radical (unpaired) electrons. The van der Waals surface area contributed by atoms with E-state index in [0.717, 1.165) is 43.0 Å². The Bertz CT molecular complexity index is 1140. The van der Waals surface area contributed by atoms with Gasteiger partial charge in [0.15, 0.2) is 0 Å². The molecule has 34 heavy (non-hydrogen) atoms. The third-order valence-corrected chi connectivity index (χ3v) is 6.95. The van der Waals surface area contributed by atoms with E-state index >= 15 is 0 Å². The lowest BCUT2D eigenvalue weighted by atomic mass is 10.0. The lowest BCUT2D eigenvalue weighted by Crippen LogP contribution is -2.52. The summed E-state index contributed by atoms with van der Waals surface area (Å²) in [5.74, 6) is 0.371. The molecule has 0 saturated carbocycles. The lowest BCUT2D eigenvalue weighted by Gasteiger charge is -2.30. The van der Waals surface area contributed by atoms with Gasteiger partial charge in [-0.2, -0.15) is 5.10 Å². The minimum atomic E-state index is -0.587. The standard InChI is InChI=1S/C24H31N7O3/c1-15-19(23(29(2)28-15)30-9-7-25-8-10-30)13-26-12-16-3-4-18-17(11-16)14-31(24(18)34)20-5-6-21(32)27-22(20)33/h3-4,11,20,25-26H,5-10,12-14H2,1-2H3,(H,27,32,33). The van der Waals surface area contributed by atoms with E-state index in [1.54, 1.807) is 4.90 Å². The number of nitrogens with zero attached hydrogens (tertiary/aromatic N) is 4. The number of carbonyl (C=O) groups is 3. The van der Waals surface area contributed by atoms with E-state index in [-0.39, 0.29) is 24.1 Å². The van der Waals surface area contributed by atoms with E-state index < -0.39 is 6.04 Å². The van der Waals surface area contributed by atoms with E-state index in [1.165, 1.54) is 11.4 Å². The smallest absolute Gasteiger partial charge is 0.255 e. The van der Waals surface area contributed by atoms with Crippen molar-refractivity contribution >= 4 is 23.5 Å². The van der Waals surface area contributed by atoms with Gasteiger partial charge >= 0.3 is 0 Å². The molecule has 2 aromatic rings. The van der Waals surface area contributed by atoms with Crippen molar-refractivity contribution in [3.8, 4) is 0 Å². The summed E-state index contributed by atoms with van der Waals surface area (Å²) in [6, 6.07) is 5.27. The van der Waals surface area contributed by atoms with Gasteiger partial charge in [0.2, 0.25) is 11.8 Å². The number of amides is 3. The van der Waals surface area contributed by atoms with Crippen LogP contribution >= 0.6 is 0 Å². The van der Waals surface area contributed by atoms with Crippen molar-refractivity contribution in [1.29, 1.82) is 0 Å². The van der Waals surface area contributed by atoms with Gasteiger partial charge in [0.1, 0.15) is 11.9 Å². The molecular formula is C24H31N7O3. The SMILES string of the molecule is Cc1nn(C)c(N2CCNCC2)c1CNCc1ccc2c(c1)CN(C1CCC(=O)NC1=O)C2=O. The van der Waals surface area contributed by atoms with Crippen LogP contribution in [0.5, 0.6) is 0 Å². The zero-order valence-corrected chi connectivity index (χ0v) is 19.7. The number of hydrogen-bond acceptors (Lipinski definition) is 7. The monoisotopic (exact) mass is 465 g/mol. The number of rotatable bonds is 6. The number of nitrogens with one attached hydrogen (secondary N) is 3. The third kappa shape index (κ3) is 4.19. The second kappa shape index (κ2) is 9.19. The molecule has 0 bridgehead atoms. The summed E-state index contributed by atoms with van der Waals surface area (Å²) in [5, 5.41) is 13.9. The highest BCUT2D eigenvalue weighted by Gasteiger charge is 2.39. The Kier molecular flexibility index (Phi) is 6.09. The first-order valence-electron chi connectivity index (χ1n) is 11.9. The van der Waals surface area contributed by atoms with Gasteiger partial charge in [-0.25, -0.2) is 0 Å². The maximum absolute atomic E-state index is 12.9. The summed E-state index contributed by atoms with van der Waals surface area (Å²) < 4.78 is 1.97. The van der Waals surface area contributed by atoms with Crippen molar-refractivity contribution in [2.75, 3.05) is 31.1 Å². The zero-order valence-electron chi connectivity index (χ0n) is 19.7. The molecule has 3 N–H and O–H groups in total. The molecular weight excluding hydrogens is 434 g/mol. The molecule has 10 nitrogen and oxygen atoms in total. The average Bonchev–Trinajstić information content (AvgIpc) is 3.29. The molecule has 4 heterocycles. The van der Waals surface area contributed by atoms with Gasteiger partial charge in [-0.05, 0) is 30.5 Å². The number of carbonyl (C=O) groups excluding carboxylic acids is 3. The Morgan fingerprint density at radius 3 is 2.71 bits per heavy atom. The summed E-state index contributed by atoms with van der Waals surface area (Å²) in [4.78, 5) is 40.6. The zero-order chi connectivity index (χ0) is 23.8. The Morgan fingerprint density at radius 2 is 1.94 bits per heavy atom. The molecule has 10 heteroatoms. The molecule has 1 atom stereocenters. The molecule has 3 aliphatic heterocycles. The summed E-state index contributed by atoms with van der Waals surface area (Å²) in [7, 11) is 2.00. The lowest BCUT2D eigenvalue weighted by molar-refractivity contribution is -0.136. The van der Waals surface area contributed by atoms with Gasteiger partial charge in [-0.1, -0.05) is 12.1 Å². The van der Waals surface area contributed by atoms with Crippen LogP contribution in [-0.4, -0.2) is 64.6 Å². The number of fused-ring (bicyclic) bond motifs is 1. The van der Waals surface area contributed by atoms with Crippen LogP contribution in [0.2, 0.25) is 0 Å². The Labute approximate surface area is 198 Å². The van der Waals surface area contributed by atoms with Gasteiger partial charge in [-0.15, -0.1) is 0 Å². The van der Waals surface area contributed by atoms with Gasteiger partial charge in [0.05, 0.1) is 5.69 Å². The molecule has 1 aromatic heterocycles. The number of aromatic nitrogens is 2. The van der Waals surface area contributed by atoms with Crippen molar-refractivity contribution in [3.05, 3.63) is 46.1 Å². The van der Waals surface area contributed by atoms with Crippen molar-refractivity contribution < 1.29 is 14.4 Å². The first-order valence-corrected chi connectivity index (χ1v) is 11.9. The number of piperidine rings is 1. The predicted molar refractivity (Wildman–Crippen MR) is 126 cm³/mol. The van der Waals surface area contributed by atoms with Crippen molar-refractivity contribution in [2.24, 2.45) is 7.05 Å². The highest BCUT2D eigenvalue weighted by atomic mass is 16.2. The second-order valence-corrected chi connectivity index (χ2v) is 9.24. The summed E-state index contributed by atoms with van der Waals surface area (Å²) in [6.07, 6.45) is 0.633. The first-order chi connectivity index (χ1) is 16.4. The number of aryl methyl sites for hydroxylation is 2. The molecule has 3 amide bonds. The average molecular weight is 466 g/mol. The predicted octanol–water partition coefficient (Wildman–Crippen LogP) is 0.189. The molecule has 1 unspecified atom stereocenters. The Hall–Kier alpha value is -3.24. The molecule has 180 valence electrons. The van der Waals surface area contributed by atoms with Crippen molar-refractivity contribution in [1.82, 2.24) is 30.6 Å². The topological polar surface area (TPSA) is 112 Å². The highest BCUT2D eigenvalue weighted by Crippen LogP contribution is 2.28. The van der Waals surface area contributed by atoms with Crippen molar-refractivity contribution in [3.63, 3.8) is 0 Å². The maximum atomic E-state index is 12.9. The summed E-state index contributed by atoms with van der Waals surface area (Å²) >= 11 is 0. The normalized spacial score (nSPS) is 20.6. The molecule has 2 fully saturated rings. The minimum Gasteiger partial charge on any atom is -0.354 e. The van der Waals surface area contributed by atoms with Gasteiger partial charge in [-0.3, -0.25) is 24.4 Å². The van der Waals surface area contributed by atoms with Crippen LogP contribution < -0.4 is 20.9 Å². The van der Waals surface area contributed by atoms with Crippen LogP contribution in [0.25, 0.3) is 0 Å². The molecule has 0 aliphatic carbocycles. The van der Waals surface area contributed by atoms with E-state index in [4.69, 9.17) is 0 Å². The van der Waals surface area contributed by atoms with Crippen LogP contribution in [0.3, 0.4) is 0 Å². The quantitative estimate of drug-likeness (QED) is 0.522. The number of piperazine rings is 1. The molecule has 0 spiro atoms. The molecule has 5 rings (SSSR count). The number of anilines is 1. The van der Waals surface area contributed by atoms with E-state index in [1.807, 2.05) is 36.9 Å². The number of imide groups is 1. The second-order valence-electron chi connectivity index (χ2n) is 9.24. The van der Waals surface area contributed by atoms with Crippen LogP contribution in [0.1, 0.15) is 45.6 Å². The Morgan fingerprint density at radius 1 is 1.15 bits per heavy atom. The molecule has 1 aromatic carbocycles. The van der Waals surface area contributed by atoms with Gasteiger partial charge < -0.3 is 20.4 Å². The Balaban J connectivity index is 1.24. The summed E-state index contributed by atoms with van der Waals surface area (Å²) in [5.41, 5.74) is 4.89. The number of hydrogen-bond donors (Lipinski definition) is 3. The molecule has 3 aliphatic rings. The summed E-state index contributed by atoms with van der Waals surface area (Å²) in [6.45, 7) is 7.69. The van der Waals surface area contributed by atoms with Crippen LogP contribution in [0, 0.1) is 6.92 Å². The third-order valence-electron chi connectivity index (χ3n) is 6.95. The number of benzene rings is 1. The molecule has 2 saturated heterocycles. The van der Waals surface area contributed by atoms with Crippen LogP contribution in [-0.2, 0) is 36.3 Å². The van der Waals surface area contributed by atoms with E-state index in [9.17, 15) is 14.4 Å². The van der Waals surface area contributed by atoms with Gasteiger partial charge in [0.25, 0.3) is 5.91 Å². The largest absolute Gasteiger partial charge is 0.354 e.